The van der Waals surface area contributed by atoms with Gasteiger partial charge in [-0.25, -0.2) is 4.98 Å². The van der Waals surface area contributed by atoms with E-state index in [1.807, 2.05) is 50.4 Å². The monoisotopic (exact) mass is 382 g/mol. The molecule has 5 nitrogen and oxygen atoms in total. The van der Waals surface area contributed by atoms with Crippen molar-refractivity contribution < 1.29 is 14.3 Å². The van der Waals surface area contributed by atoms with Crippen LogP contribution < -0.4 is 14.8 Å². The zero-order valence-corrected chi connectivity index (χ0v) is 16.4. The highest BCUT2D eigenvalue weighted by atomic mass is 32.1. The van der Waals surface area contributed by atoms with E-state index in [0.717, 1.165) is 22.0 Å². The van der Waals surface area contributed by atoms with E-state index >= 15 is 0 Å². The molecule has 1 heterocycles. The van der Waals surface area contributed by atoms with Crippen LogP contribution in [-0.4, -0.2) is 24.1 Å². The van der Waals surface area contributed by atoms with Crippen molar-refractivity contribution in [3.8, 4) is 22.8 Å². The Kier molecular flexibility index (Phi) is 6.08. The topological polar surface area (TPSA) is 60.5 Å². The molecule has 1 amide bonds. The number of benzene rings is 2. The number of aromatic nitrogens is 1. The quantitative estimate of drug-likeness (QED) is 0.612. The fourth-order valence-electron chi connectivity index (χ4n) is 2.65. The number of anilines is 1. The summed E-state index contributed by atoms with van der Waals surface area (Å²) in [6.45, 7) is 6.82. The molecule has 6 heteroatoms. The zero-order valence-electron chi connectivity index (χ0n) is 15.6. The van der Waals surface area contributed by atoms with Crippen LogP contribution in [0.4, 0.5) is 5.69 Å². The largest absolute Gasteiger partial charge is 0.490 e. The molecule has 0 unspecified atom stereocenters. The van der Waals surface area contributed by atoms with Gasteiger partial charge in [0.2, 0.25) is 0 Å². The van der Waals surface area contributed by atoms with Crippen LogP contribution in [0.15, 0.2) is 47.8 Å². The number of aryl methyl sites for hydroxylation is 1. The molecule has 0 spiro atoms. The molecule has 0 fully saturated rings. The van der Waals surface area contributed by atoms with Crippen LogP contribution in [0.25, 0.3) is 11.3 Å². The number of hydrogen-bond donors (Lipinski definition) is 1. The average molecular weight is 382 g/mol. The second-order valence-electron chi connectivity index (χ2n) is 5.81. The van der Waals surface area contributed by atoms with Crippen molar-refractivity contribution in [2.24, 2.45) is 0 Å². The first-order chi connectivity index (χ1) is 13.1. The van der Waals surface area contributed by atoms with E-state index in [9.17, 15) is 4.79 Å². The number of rotatable bonds is 7. The Balaban J connectivity index is 1.80. The minimum absolute atomic E-state index is 0.203. The van der Waals surface area contributed by atoms with Crippen molar-refractivity contribution in [1.29, 1.82) is 0 Å². The number of nitrogens with zero attached hydrogens (tertiary/aromatic N) is 1. The predicted octanol–water partition coefficient (Wildman–Crippen LogP) is 5.17. The summed E-state index contributed by atoms with van der Waals surface area (Å²) in [6.07, 6.45) is 0. The molecule has 1 aromatic heterocycles. The second kappa shape index (κ2) is 8.68. The molecule has 27 heavy (non-hydrogen) atoms. The van der Waals surface area contributed by atoms with Crippen LogP contribution in [0.3, 0.4) is 0 Å². The van der Waals surface area contributed by atoms with Gasteiger partial charge in [-0.1, -0.05) is 12.1 Å². The van der Waals surface area contributed by atoms with Gasteiger partial charge in [-0.15, -0.1) is 11.3 Å². The molecule has 2 aromatic carbocycles. The van der Waals surface area contributed by atoms with Gasteiger partial charge >= 0.3 is 0 Å². The van der Waals surface area contributed by atoms with E-state index in [0.29, 0.717) is 30.3 Å². The fourth-order valence-corrected chi connectivity index (χ4v) is 3.27. The minimum Gasteiger partial charge on any atom is -0.490 e. The Morgan fingerprint density at radius 1 is 1.07 bits per heavy atom. The SMILES string of the molecule is CCOc1ccc(C(=O)Nc2cccc(-c3csc(C)n3)c2)cc1OCC. The lowest BCUT2D eigenvalue weighted by molar-refractivity contribution is 0.102. The van der Waals surface area contributed by atoms with Crippen molar-refractivity contribution in [3.63, 3.8) is 0 Å². The molecule has 3 rings (SSSR count). The maximum atomic E-state index is 12.7. The van der Waals surface area contributed by atoms with E-state index in [1.165, 1.54) is 0 Å². The molecule has 140 valence electrons. The summed E-state index contributed by atoms with van der Waals surface area (Å²) >= 11 is 1.60. The number of carbonyl (C=O) groups is 1. The van der Waals surface area contributed by atoms with Crippen LogP contribution in [0.2, 0.25) is 0 Å². The molecule has 0 saturated carbocycles. The van der Waals surface area contributed by atoms with Crippen molar-refractivity contribution in [3.05, 3.63) is 58.4 Å². The van der Waals surface area contributed by atoms with E-state index in [-0.39, 0.29) is 5.91 Å². The van der Waals surface area contributed by atoms with Crippen LogP contribution in [-0.2, 0) is 0 Å². The third-order valence-electron chi connectivity index (χ3n) is 3.84. The first-order valence-corrected chi connectivity index (χ1v) is 9.72. The lowest BCUT2D eigenvalue weighted by Crippen LogP contribution is -2.12. The highest BCUT2D eigenvalue weighted by Gasteiger charge is 2.12. The third-order valence-corrected chi connectivity index (χ3v) is 4.61. The van der Waals surface area contributed by atoms with Gasteiger partial charge in [-0.3, -0.25) is 4.79 Å². The summed E-state index contributed by atoms with van der Waals surface area (Å²) in [5.74, 6) is 1.00. The zero-order chi connectivity index (χ0) is 19.2. The average Bonchev–Trinajstić information content (AvgIpc) is 3.10. The molecular weight excluding hydrogens is 360 g/mol. The van der Waals surface area contributed by atoms with E-state index in [1.54, 1.807) is 29.5 Å². The van der Waals surface area contributed by atoms with Crippen molar-refractivity contribution in [2.45, 2.75) is 20.8 Å². The fraction of sp³-hybridized carbons (Fsp3) is 0.238. The standard InChI is InChI=1S/C21H22N2O3S/c1-4-25-19-10-9-16(12-20(19)26-5-2)21(24)23-17-8-6-7-15(11-17)18-13-27-14(3)22-18/h6-13H,4-5H2,1-3H3,(H,23,24). The van der Waals surface area contributed by atoms with Crippen molar-refractivity contribution in [1.82, 2.24) is 4.98 Å². The van der Waals surface area contributed by atoms with Crippen LogP contribution in [0, 0.1) is 6.92 Å². The number of nitrogens with one attached hydrogen (secondary N) is 1. The highest BCUT2D eigenvalue weighted by molar-refractivity contribution is 7.09. The summed E-state index contributed by atoms with van der Waals surface area (Å²) in [5, 5.41) is 5.96. The predicted molar refractivity (Wildman–Crippen MR) is 109 cm³/mol. The summed E-state index contributed by atoms with van der Waals surface area (Å²) < 4.78 is 11.1. The molecule has 0 saturated heterocycles. The van der Waals surface area contributed by atoms with Crippen LogP contribution >= 0.6 is 11.3 Å². The number of hydrogen-bond acceptors (Lipinski definition) is 5. The Bertz CT molecular complexity index is 937. The molecule has 0 radical (unpaired) electrons. The maximum Gasteiger partial charge on any atom is 0.255 e. The second-order valence-corrected chi connectivity index (χ2v) is 6.88. The number of ether oxygens (including phenoxy) is 2. The minimum atomic E-state index is -0.203. The first-order valence-electron chi connectivity index (χ1n) is 8.84. The summed E-state index contributed by atoms with van der Waals surface area (Å²) in [7, 11) is 0. The summed E-state index contributed by atoms with van der Waals surface area (Å²) in [6, 6.07) is 12.9. The lowest BCUT2D eigenvalue weighted by atomic mass is 10.1. The first kappa shape index (κ1) is 18.9. The van der Waals surface area contributed by atoms with E-state index in [4.69, 9.17) is 9.47 Å². The Morgan fingerprint density at radius 2 is 1.85 bits per heavy atom. The normalized spacial score (nSPS) is 10.5. The van der Waals surface area contributed by atoms with Crippen LogP contribution in [0.5, 0.6) is 11.5 Å². The van der Waals surface area contributed by atoms with Gasteiger partial charge < -0.3 is 14.8 Å². The number of thiazole rings is 1. The van der Waals surface area contributed by atoms with E-state index < -0.39 is 0 Å². The Morgan fingerprint density at radius 3 is 2.56 bits per heavy atom. The van der Waals surface area contributed by atoms with Gasteiger partial charge in [-0.05, 0) is 51.1 Å². The smallest absolute Gasteiger partial charge is 0.255 e. The van der Waals surface area contributed by atoms with Crippen molar-refractivity contribution >= 4 is 22.9 Å². The summed E-state index contributed by atoms with van der Waals surface area (Å²) in [4.78, 5) is 17.2. The molecule has 1 N–H and O–H groups in total. The molecule has 0 aliphatic rings. The Labute approximate surface area is 163 Å². The van der Waals surface area contributed by atoms with Crippen molar-refractivity contribution in [2.75, 3.05) is 18.5 Å². The number of amides is 1. The number of carbonyl (C=O) groups excluding carboxylic acids is 1. The molecule has 0 atom stereocenters. The van der Waals surface area contributed by atoms with Gasteiger partial charge in [0.1, 0.15) is 0 Å². The molecule has 0 bridgehead atoms. The van der Waals surface area contributed by atoms with Gasteiger partial charge in [0.15, 0.2) is 11.5 Å². The van der Waals surface area contributed by atoms with Gasteiger partial charge in [0, 0.05) is 22.2 Å². The van der Waals surface area contributed by atoms with Gasteiger partial charge in [-0.2, -0.15) is 0 Å². The lowest BCUT2D eigenvalue weighted by Gasteiger charge is -2.12. The van der Waals surface area contributed by atoms with Gasteiger partial charge in [0.05, 0.1) is 23.9 Å². The molecule has 3 aromatic rings. The van der Waals surface area contributed by atoms with Gasteiger partial charge in [0.25, 0.3) is 5.91 Å². The highest BCUT2D eigenvalue weighted by Crippen LogP contribution is 2.29. The molecular formula is C21H22N2O3S. The molecule has 0 aliphatic carbocycles. The third kappa shape index (κ3) is 4.65. The van der Waals surface area contributed by atoms with E-state index in [2.05, 4.69) is 10.3 Å². The summed E-state index contributed by atoms with van der Waals surface area (Å²) in [5.41, 5.74) is 3.11. The molecule has 0 aliphatic heterocycles. The maximum absolute atomic E-state index is 12.7. The van der Waals surface area contributed by atoms with Crippen LogP contribution in [0.1, 0.15) is 29.2 Å². The Hall–Kier alpha value is -2.86.